The highest BCUT2D eigenvalue weighted by Crippen LogP contribution is 2.37. The number of thioether (sulfide) groups is 1. The van der Waals surface area contributed by atoms with Crippen molar-refractivity contribution in [2.24, 2.45) is 0 Å². The number of rotatable bonds is 7. The molecule has 2 aromatic carbocycles. The smallest absolute Gasteiger partial charge is 0.254 e. The van der Waals surface area contributed by atoms with Crippen molar-refractivity contribution in [3.8, 4) is 0 Å². The molecule has 1 aliphatic carbocycles. The minimum atomic E-state index is -0.147. The molecule has 1 atom stereocenters. The van der Waals surface area contributed by atoms with Gasteiger partial charge in [-0.15, -0.1) is 0 Å². The second kappa shape index (κ2) is 9.74. The molecule has 0 bridgehead atoms. The molecule has 1 aromatic heterocycles. The molecule has 6 heteroatoms. The van der Waals surface area contributed by atoms with Crippen molar-refractivity contribution in [1.82, 2.24) is 14.9 Å². The molecule has 0 aliphatic heterocycles. The number of hydrogen-bond donors (Lipinski definition) is 1. The van der Waals surface area contributed by atoms with Gasteiger partial charge in [0.05, 0.1) is 6.04 Å². The van der Waals surface area contributed by atoms with Crippen molar-refractivity contribution in [3.63, 3.8) is 0 Å². The summed E-state index contributed by atoms with van der Waals surface area (Å²) in [7, 11) is 0. The number of carbonyl (C=O) groups excluding carboxylic acids is 1. The Balaban J connectivity index is 1.58. The molecular formula is C26H29N3O2S. The highest BCUT2D eigenvalue weighted by atomic mass is 32.2. The second-order valence-electron chi connectivity index (χ2n) is 8.40. The Hall–Kier alpha value is -2.86. The molecule has 166 valence electrons. The third kappa shape index (κ3) is 4.80. The van der Waals surface area contributed by atoms with Crippen LogP contribution in [-0.2, 0) is 24.2 Å². The summed E-state index contributed by atoms with van der Waals surface area (Å²) in [5.74, 6) is 0.0695. The van der Waals surface area contributed by atoms with Crippen molar-refractivity contribution in [3.05, 3.63) is 92.4 Å². The van der Waals surface area contributed by atoms with Gasteiger partial charge >= 0.3 is 0 Å². The zero-order valence-corrected chi connectivity index (χ0v) is 19.7. The quantitative estimate of drug-likeness (QED) is 0.419. The molecule has 0 spiro atoms. The molecule has 0 saturated carbocycles. The average Bonchev–Trinajstić information content (AvgIpc) is 3.21. The largest absolute Gasteiger partial charge is 0.331 e. The fourth-order valence-electron chi connectivity index (χ4n) is 4.47. The molecule has 32 heavy (non-hydrogen) atoms. The maximum absolute atomic E-state index is 13.5. The van der Waals surface area contributed by atoms with E-state index in [1.807, 2.05) is 24.1 Å². The van der Waals surface area contributed by atoms with Crippen molar-refractivity contribution < 1.29 is 4.79 Å². The molecule has 1 unspecified atom stereocenters. The summed E-state index contributed by atoms with van der Waals surface area (Å²) in [4.78, 5) is 35.3. The lowest BCUT2D eigenvalue weighted by atomic mass is 10.0. The van der Waals surface area contributed by atoms with E-state index in [0.717, 1.165) is 18.4 Å². The summed E-state index contributed by atoms with van der Waals surface area (Å²) < 4.78 is 0. The summed E-state index contributed by atoms with van der Waals surface area (Å²) in [6.45, 7) is 4.47. The Labute approximate surface area is 193 Å². The Morgan fingerprint density at radius 1 is 1.16 bits per heavy atom. The first kappa shape index (κ1) is 22.3. The number of aromatic nitrogens is 2. The van der Waals surface area contributed by atoms with Gasteiger partial charge in [-0.3, -0.25) is 9.59 Å². The molecule has 1 amide bonds. The fraction of sp³-hybridized carbons (Fsp3) is 0.346. The Morgan fingerprint density at radius 3 is 2.62 bits per heavy atom. The van der Waals surface area contributed by atoms with Gasteiger partial charge < -0.3 is 9.88 Å². The van der Waals surface area contributed by atoms with Crippen LogP contribution in [0.25, 0.3) is 0 Å². The molecule has 3 aromatic rings. The third-order valence-electron chi connectivity index (χ3n) is 6.25. The lowest BCUT2D eigenvalue weighted by Crippen LogP contribution is -2.34. The number of nitrogens with zero attached hydrogens (tertiary/aromatic N) is 2. The lowest BCUT2D eigenvalue weighted by Gasteiger charge is -2.30. The molecule has 0 fully saturated rings. The number of benzene rings is 2. The van der Waals surface area contributed by atoms with E-state index in [4.69, 9.17) is 0 Å². The summed E-state index contributed by atoms with van der Waals surface area (Å²) in [6, 6.07) is 16.8. The van der Waals surface area contributed by atoms with Crippen molar-refractivity contribution in [2.45, 2.75) is 57.3 Å². The topological polar surface area (TPSA) is 66.1 Å². The number of carbonyl (C=O) groups is 1. The van der Waals surface area contributed by atoms with Crippen molar-refractivity contribution >= 4 is 17.7 Å². The maximum atomic E-state index is 13.5. The first-order chi connectivity index (χ1) is 15.5. The number of aryl methyl sites for hydroxylation is 3. The van der Waals surface area contributed by atoms with Crippen LogP contribution in [0.5, 0.6) is 0 Å². The van der Waals surface area contributed by atoms with Crippen LogP contribution < -0.4 is 5.56 Å². The van der Waals surface area contributed by atoms with Crippen LogP contribution in [-0.4, -0.2) is 27.0 Å². The summed E-state index contributed by atoms with van der Waals surface area (Å²) in [5, 5.41) is 0.603. The van der Waals surface area contributed by atoms with Crippen LogP contribution in [0.3, 0.4) is 0 Å². The van der Waals surface area contributed by atoms with Crippen molar-refractivity contribution in [1.29, 1.82) is 0 Å². The average molecular weight is 448 g/mol. The number of hydrogen-bond acceptors (Lipinski definition) is 4. The van der Waals surface area contributed by atoms with Gasteiger partial charge in [-0.1, -0.05) is 65.9 Å². The number of fused-ring (bicyclic) bond motifs is 1. The molecule has 5 nitrogen and oxygen atoms in total. The van der Waals surface area contributed by atoms with E-state index in [-0.39, 0.29) is 23.9 Å². The van der Waals surface area contributed by atoms with E-state index in [1.165, 1.54) is 28.5 Å². The highest BCUT2D eigenvalue weighted by Gasteiger charge is 2.31. The van der Waals surface area contributed by atoms with E-state index in [2.05, 4.69) is 59.4 Å². The molecule has 0 radical (unpaired) electrons. The molecule has 1 aliphatic rings. The predicted octanol–water partition coefficient (Wildman–Crippen LogP) is 4.76. The predicted molar refractivity (Wildman–Crippen MR) is 129 cm³/mol. The number of amides is 1. The van der Waals surface area contributed by atoms with E-state index in [0.29, 0.717) is 29.4 Å². The van der Waals surface area contributed by atoms with Crippen LogP contribution in [0, 0.1) is 13.8 Å². The van der Waals surface area contributed by atoms with Crippen LogP contribution in [0.4, 0.5) is 0 Å². The van der Waals surface area contributed by atoms with E-state index >= 15 is 0 Å². The fourth-order valence-corrected chi connectivity index (χ4v) is 4.90. The monoisotopic (exact) mass is 447 g/mol. The van der Waals surface area contributed by atoms with Gasteiger partial charge in [-0.05, 0) is 56.1 Å². The Bertz CT molecular complexity index is 1170. The molecule has 1 N–H and O–H groups in total. The van der Waals surface area contributed by atoms with Crippen molar-refractivity contribution in [2.75, 3.05) is 6.26 Å². The van der Waals surface area contributed by atoms with Crippen LogP contribution in [0.1, 0.15) is 52.4 Å². The minimum Gasteiger partial charge on any atom is -0.331 e. The van der Waals surface area contributed by atoms with Crippen LogP contribution in [0.2, 0.25) is 0 Å². The van der Waals surface area contributed by atoms with Gasteiger partial charge in [0.1, 0.15) is 0 Å². The molecule has 0 saturated heterocycles. The van der Waals surface area contributed by atoms with Gasteiger partial charge in [-0.2, -0.15) is 0 Å². The zero-order chi connectivity index (χ0) is 22.7. The second-order valence-corrected chi connectivity index (χ2v) is 9.19. The lowest BCUT2D eigenvalue weighted by molar-refractivity contribution is -0.134. The third-order valence-corrected chi connectivity index (χ3v) is 6.83. The van der Waals surface area contributed by atoms with Gasteiger partial charge in [0.25, 0.3) is 5.56 Å². The Kier molecular flexibility index (Phi) is 6.80. The zero-order valence-electron chi connectivity index (χ0n) is 18.9. The number of H-pyrrole nitrogens is 1. The van der Waals surface area contributed by atoms with Gasteiger partial charge in [-0.25, -0.2) is 4.98 Å². The van der Waals surface area contributed by atoms with Gasteiger partial charge in [0.15, 0.2) is 5.16 Å². The summed E-state index contributed by atoms with van der Waals surface area (Å²) in [5.41, 5.74) is 6.03. The SMILES string of the molecule is CSc1nc(C)c(CCC(=O)N(Cc2ccc(C)cc2)C2CCc3ccccc32)c(=O)[nH]1. The highest BCUT2D eigenvalue weighted by molar-refractivity contribution is 7.98. The van der Waals surface area contributed by atoms with E-state index in [9.17, 15) is 9.59 Å². The molecule has 1 heterocycles. The van der Waals surface area contributed by atoms with Gasteiger partial charge in [0.2, 0.25) is 5.91 Å². The minimum absolute atomic E-state index is 0.0661. The Morgan fingerprint density at radius 2 is 1.91 bits per heavy atom. The van der Waals surface area contributed by atoms with Gasteiger partial charge in [0, 0.05) is 24.2 Å². The summed E-state index contributed by atoms with van der Waals surface area (Å²) >= 11 is 1.41. The van der Waals surface area contributed by atoms with E-state index in [1.54, 1.807) is 0 Å². The molecular weight excluding hydrogens is 418 g/mol. The first-order valence-corrected chi connectivity index (χ1v) is 12.3. The number of nitrogens with one attached hydrogen (secondary N) is 1. The maximum Gasteiger partial charge on any atom is 0.254 e. The van der Waals surface area contributed by atoms with Crippen LogP contribution >= 0.6 is 11.8 Å². The normalized spacial score (nSPS) is 14.9. The molecule has 4 rings (SSSR count). The first-order valence-electron chi connectivity index (χ1n) is 11.0. The van der Waals surface area contributed by atoms with E-state index < -0.39 is 0 Å². The standard InChI is InChI=1S/C26H29N3O2S/c1-17-8-10-19(11-9-17)16-29(23-14-12-20-6-4-5-7-22(20)23)24(30)15-13-21-18(2)27-26(32-3)28-25(21)31/h4-11,23H,12-16H2,1-3H3,(H,27,28,31). The summed E-state index contributed by atoms with van der Waals surface area (Å²) in [6.07, 6.45) is 4.47. The number of aromatic amines is 1. The van der Waals surface area contributed by atoms with Crippen LogP contribution in [0.15, 0.2) is 58.5 Å².